The van der Waals surface area contributed by atoms with Gasteiger partial charge in [-0.2, -0.15) is 10.2 Å². The van der Waals surface area contributed by atoms with Gasteiger partial charge in [-0.15, -0.1) is 6.58 Å². The molecule has 0 amide bonds. The van der Waals surface area contributed by atoms with Crippen molar-refractivity contribution in [1.29, 1.82) is 0 Å². The molecule has 0 heterocycles. The quantitative estimate of drug-likeness (QED) is 0.169. The first-order chi connectivity index (χ1) is 14.8. The highest BCUT2D eigenvalue weighted by atomic mass is 15.2. The Morgan fingerprint density at radius 1 is 0.867 bits per heavy atom. The molecule has 2 aromatic carbocycles. The minimum Gasteiger partial charge on any atom is -0.159 e. The molecule has 1 saturated carbocycles. The van der Waals surface area contributed by atoms with Crippen LogP contribution >= 0.6 is 0 Å². The fourth-order valence-corrected chi connectivity index (χ4v) is 4.47. The van der Waals surface area contributed by atoms with Crippen molar-refractivity contribution >= 4 is 12.4 Å². The average Bonchev–Trinajstić information content (AvgIpc) is 2.79. The van der Waals surface area contributed by atoms with E-state index in [1.54, 1.807) is 0 Å². The third kappa shape index (κ3) is 7.09. The van der Waals surface area contributed by atoms with E-state index in [0.29, 0.717) is 0 Å². The summed E-state index contributed by atoms with van der Waals surface area (Å²) in [4.78, 5) is 0. The molecule has 30 heavy (non-hydrogen) atoms. The largest absolute Gasteiger partial charge is 0.159 e. The molecule has 1 aliphatic rings. The summed E-state index contributed by atoms with van der Waals surface area (Å²) in [5.74, 6) is 1.70. The Hall–Kier alpha value is -2.48. The van der Waals surface area contributed by atoms with Crippen molar-refractivity contribution < 1.29 is 0 Å². The molecule has 0 atom stereocenters. The van der Waals surface area contributed by atoms with Crippen LogP contribution in [0.15, 0.2) is 71.4 Å². The maximum atomic E-state index is 4.23. The van der Waals surface area contributed by atoms with Crippen LogP contribution in [0.1, 0.15) is 86.5 Å². The molecule has 158 valence electrons. The smallest absolute Gasteiger partial charge is 0.0568 e. The van der Waals surface area contributed by atoms with E-state index in [2.05, 4.69) is 72.2 Å². The molecule has 0 spiro atoms. The van der Waals surface area contributed by atoms with Gasteiger partial charge in [0.2, 0.25) is 0 Å². The maximum Gasteiger partial charge on any atom is 0.0568 e. The van der Waals surface area contributed by atoms with Gasteiger partial charge >= 0.3 is 0 Å². The average molecular weight is 401 g/mol. The zero-order valence-corrected chi connectivity index (χ0v) is 18.5. The topological polar surface area (TPSA) is 24.7 Å². The lowest BCUT2D eigenvalue weighted by atomic mass is 9.77. The Morgan fingerprint density at radius 2 is 1.47 bits per heavy atom. The molecule has 0 unspecified atom stereocenters. The number of allylic oxidation sites excluding steroid dienone is 1. The minimum atomic E-state index is 0.738. The summed E-state index contributed by atoms with van der Waals surface area (Å²) in [7, 11) is 0. The number of hydrogen-bond acceptors (Lipinski definition) is 2. The zero-order chi connectivity index (χ0) is 21.0. The van der Waals surface area contributed by atoms with Gasteiger partial charge in [0.25, 0.3) is 0 Å². The predicted molar refractivity (Wildman–Crippen MR) is 131 cm³/mol. The van der Waals surface area contributed by atoms with Crippen molar-refractivity contribution in [3.8, 4) is 0 Å². The molecule has 0 aliphatic heterocycles. The highest BCUT2D eigenvalue weighted by Crippen LogP contribution is 2.37. The number of nitrogens with zero attached hydrogens (tertiary/aromatic N) is 2. The van der Waals surface area contributed by atoms with E-state index in [4.69, 9.17) is 0 Å². The lowest BCUT2D eigenvalue weighted by Gasteiger charge is -2.28. The fraction of sp³-hybridized carbons (Fsp3) is 0.429. The molecule has 3 rings (SSSR count). The van der Waals surface area contributed by atoms with Crippen LogP contribution in [0.25, 0.3) is 0 Å². The number of hydrogen-bond donors (Lipinski definition) is 0. The van der Waals surface area contributed by atoms with E-state index < -0.39 is 0 Å². The van der Waals surface area contributed by atoms with E-state index in [-0.39, 0.29) is 0 Å². The van der Waals surface area contributed by atoms with Crippen molar-refractivity contribution in [2.45, 2.75) is 70.6 Å². The van der Waals surface area contributed by atoms with Crippen LogP contribution in [0.4, 0.5) is 0 Å². The van der Waals surface area contributed by atoms with Gasteiger partial charge in [-0.3, -0.25) is 0 Å². The molecule has 0 radical (unpaired) electrons. The number of benzene rings is 2. The standard InChI is InChI=1S/C28H36N2/c1-3-5-6-8-24-9-11-25(12-10-24)21-29-30-22-26-15-19-28(20-16-26)27-17-13-23(7-4-2)14-18-27/h3,9-12,15-16,19-23,27H,1,4-8,13-14,17-18H2,2H3. The molecule has 0 N–H and O–H groups in total. The molecule has 0 bridgehead atoms. The van der Waals surface area contributed by atoms with E-state index >= 15 is 0 Å². The SMILES string of the molecule is C=CCCCc1ccc(C=NN=Cc2ccc(C3CCC(CCC)CC3)cc2)cc1. The first-order valence-corrected chi connectivity index (χ1v) is 11.6. The van der Waals surface area contributed by atoms with Crippen molar-refractivity contribution in [3.05, 3.63) is 83.4 Å². The monoisotopic (exact) mass is 400 g/mol. The summed E-state index contributed by atoms with van der Waals surface area (Å²) in [5.41, 5.74) is 5.03. The molecule has 1 aliphatic carbocycles. The lowest BCUT2D eigenvalue weighted by Crippen LogP contribution is -2.13. The zero-order valence-electron chi connectivity index (χ0n) is 18.5. The van der Waals surface area contributed by atoms with Crippen LogP contribution < -0.4 is 0 Å². The van der Waals surface area contributed by atoms with Crippen LogP contribution in [0.5, 0.6) is 0 Å². The van der Waals surface area contributed by atoms with Gasteiger partial charge in [0, 0.05) is 0 Å². The summed E-state index contributed by atoms with van der Waals surface area (Å²) in [6.07, 6.45) is 17.1. The lowest BCUT2D eigenvalue weighted by molar-refractivity contribution is 0.308. The van der Waals surface area contributed by atoms with Crippen LogP contribution in [0, 0.1) is 5.92 Å². The van der Waals surface area contributed by atoms with Gasteiger partial charge in [-0.1, -0.05) is 74.4 Å². The molecule has 2 nitrogen and oxygen atoms in total. The molecular formula is C28H36N2. The maximum absolute atomic E-state index is 4.23. The van der Waals surface area contributed by atoms with Gasteiger partial charge in [0.05, 0.1) is 12.4 Å². The molecule has 0 saturated heterocycles. The first-order valence-electron chi connectivity index (χ1n) is 11.6. The molecule has 0 aromatic heterocycles. The van der Waals surface area contributed by atoms with Crippen LogP contribution in [0.2, 0.25) is 0 Å². The van der Waals surface area contributed by atoms with Crippen molar-refractivity contribution in [1.82, 2.24) is 0 Å². The van der Waals surface area contributed by atoms with Crippen molar-refractivity contribution in [3.63, 3.8) is 0 Å². The second-order valence-electron chi connectivity index (χ2n) is 8.58. The second-order valence-corrected chi connectivity index (χ2v) is 8.58. The summed E-state index contributed by atoms with van der Waals surface area (Å²) in [6, 6.07) is 17.4. The number of aryl methyl sites for hydroxylation is 1. The predicted octanol–water partition coefficient (Wildman–Crippen LogP) is 7.72. The van der Waals surface area contributed by atoms with Crippen LogP contribution in [-0.4, -0.2) is 12.4 Å². The highest BCUT2D eigenvalue weighted by Gasteiger charge is 2.21. The fourth-order valence-electron chi connectivity index (χ4n) is 4.47. The summed E-state index contributed by atoms with van der Waals surface area (Å²) >= 11 is 0. The molecule has 2 aromatic rings. The third-order valence-corrected chi connectivity index (χ3v) is 6.29. The Kier molecular flexibility index (Phi) is 9.08. The van der Waals surface area contributed by atoms with Crippen molar-refractivity contribution in [2.75, 3.05) is 0 Å². The first kappa shape index (κ1) is 22.2. The van der Waals surface area contributed by atoms with Crippen LogP contribution in [0.3, 0.4) is 0 Å². The molecule has 1 fully saturated rings. The third-order valence-electron chi connectivity index (χ3n) is 6.29. The molecular weight excluding hydrogens is 364 g/mol. The van der Waals surface area contributed by atoms with Gasteiger partial charge in [-0.25, -0.2) is 0 Å². The van der Waals surface area contributed by atoms with E-state index in [1.165, 1.54) is 49.7 Å². The van der Waals surface area contributed by atoms with Gasteiger partial charge in [-0.05, 0) is 79.0 Å². The normalized spacial score (nSPS) is 19.5. The number of rotatable bonds is 10. The highest BCUT2D eigenvalue weighted by molar-refractivity contribution is 5.82. The van der Waals surface area contributed by atoms with Gasteiger partial charge in [0.1, 0.15) is 0 Å². The van der Waals surface area contributed by atoms with Crippen molar-refractivity contribution in [2.24, 2.45) is 16.1 Å². The summed E-state index contributed by atoms with van der Waals surface area (Å²) < 4.78 is 0. The van der Waals surface area contributed by atoms with E-state index in [9.17, 15) is 0 Å². The number of unbranched alkanes of at least 4 members (excludes halogenated alkanes) is 1. The van der Waals surface area contributed by atoms with Gasteiger partial charge < -0.3 is 0 Å². The Morgan fingerprint density at radius 3 is 2.03 bits per heavy atom. The Balaban J connectivity index is 1.46. The van der Waals surface area contributed by atoms with E-state index in [0.717, 1.165) is 42.2 Å². The minimum absolute atomic E-state index is 0.738. The summed E-state index contributed by atoms with van der Waals surface area (Å²) in [5, 5.41) is 8.44. The Labute approximate surface area is 182 Å². The summed E-state index contributed by atoms with van der Waals surface area (Å²) in [6.45, 7) is 6.08. The molecule has 2 heteroatoms. The Bertz CT molecular complexity index is 807. The van der Waals surface area contributed by atoms with Crippen LogP contribution in [-0.2, 0) is 6.42 Å². The van der Waals surface area contributed by atoms with Gasteiger partial charge in [0.15, 0.2) is 0 Å². The van der Waals surface area contributed by atoms with E-state index in [1.807, 2.05) is 18.5 Å². The second kappa shape index (κ2) is 12.3.